The lowest BCUT2D eigenvalue weighted by molar-refractivity contribution is -0.169. The van der Waals surface area contributed by atoms with Crippen LogP contribution in [0.1, 0.15) is 18.4 Å². The van der Waals surface area contributed by atoms with Crippen LogP contribution in [0.3, 0.4) is 0 Å². The standard InChI is InChI=1S/C13H19N3O2/c1-10-9-15-12(8-11(10)14)16-4-2-13(3-5-16)17-6-7-18-13/h8-9H,2-7H2,1H3,(H2,14,15). The van der Waals surface area contributed by atoms with Gasteiger partial charge < -0.3 is 20.1 Å². The number of hydrogen-bond donors (Lipinski definition) is 1. The first-order chi connectivity index (χ1) is 8.69. The Morgan fingerprint density at radius 3 is 2.56 bits per heavy atom. The molecule has 2 N–H and O–H groups in total. The molecule has 0 bridgehead atoms. The fourth-order valence-corrected chi connectivity index (χ4v) is 2.56. The van der Waals surface area contributed by atoms with Crippen molar-refractivity contribution in [2.45, 2.75) is 25.6 Å². The first-order valence-electron chi connectivity index (χ1n) is 6.44. The summed E-state index contributed by atoms with van der Waals surface area (Å²) < 4.78 is 11.4. The van der Waals surface area contributed by atoms with Crippen LogP contribution >= 0.6 is 0 Å². The minimum Gasteiger partial charge on any atom is -0.398 e. The lowest BCUT2D eigenvalue weighted by atomic mass is 10.0. The van der Waals surface area contributed by atoms with Crippen molar-refractivity contribution < 1.29 is 9.47 Å². The van der Waals surface area contributed by atoms with Crippen molar-refractivity contribution in [3.05, 3.63) is 17.8 Å². The second-order valence-electron chi connectivity index (χ2n) is 4.99. The summed E-state index contributed by atoms with van der Waals surface area (Å²) in [6, 6.07) is 1.95. The zero-order valence-corrected chi connectivity index (χ0v) is 10.7. The molecule has 3 rings (SSSR count). The summed E-state index contributed by atoms with van der Waals surface area (Å²) >= 11 is 0. The van der Waals surface area contributed by atoms with Crippen molar-refractivity contribution in [2.75, 3.05) is 36.9 Å². The molecule has 2 saturated heterocycles. The average Bonchev–Trinajstić information content (AvgIpc) is 2.82. The van der Waals surface area contributed by atoms with Crippen molar-refractivity contribution in [3.63, 3.8) is 0 Å². The van der Waals surface area contributed by atoms with Crippen LogP contribution < -0.4 is 10.6 Å². The second-order valence-corrected chi connectivity index (χ2v) is 4.99. The van der Waals surface area contributed by atoms with Gasteiger partial charge in [-0.05, 0) is 12.5 Å². The summed E-state index contributed by atoms with van der Waals surface area (Å²) in [6.07, 6.45) is 3.61. The number of nitrogen functional groups attached to an aromatic ring is 1. The monoisotopic (exact) mass is 249 g/mol. The van der Waals surface area contributed by atoms with E-state index in [1.165, 1.54) is 0 Å². The van der Waals surface area contributed by atoms with E-state index in [1.54, 1.807) is 0 Å². The van der Waals surface area contributed by atoms with E-state index in [0.717, 1.165) is 56.2 Å². The highest BCUT2D eigenvalue weighted by Gasteiger charge is 2.39. The average molecular weight is 249 g/mol. The Kier molecular flexibility index (Phi) is 2.87. The molecule has 5 heteroatoms. The van der Waals surface area contributed by atoms with Crippen molar-refractivity contribution in [2.24, 2.45) is 0 Å². The highest BCUT2D eigenvalue weighted by molar-refractivity contribution is 5.54. The molecule has 2 aliphatic heterocycles. The van der Waals surface area contributed by atoms with Crippen LogP contribution in [0.5, 0.6) is 0 Å². The van der Waals surface area contributed by atoms with Gasteiger partial charge in [-0.1, -0.05) is 0 Å². The molecule has 0 radical (unpaired) electrons. The third kappa shape index (κ3) is 2.04. The molecule has 1 aromatic heterocycles. The Labute approximate surface area is 107 Å². The zero-order valence-electron chi connectivity index (χ0n) is 10.7. The fourth-order valence-electron chi connectivity index (χ4n) is 2.56. The Balaban J connectivity index is 1.70. The Morgan fingerprint density at radius 2 is 1.94 bits per heavy atom. The lowest BCUT2D eigenvalue weighted by Crippen LogP contribution is -2.45. The number of nitrogens with two attached hydrogens (primary N) is 1. The van der Waals surface area contributed by atoms with E-state index in [9.17, 15) is 0 Å². The molecule has 3 heterocycles. The molecule has 2 fully saturated rings. The SMILES string of the molecule is Cc1cnc(N2CCC3(CC2)OCCO3)cc1N. The van der Waals surface area contributed by atoms with E-state index in [2.05, 4.69) is 9.88 Å². The topological polar surface area (TPSA) is 60.6 Å². The van der Waals surface area contributed by atoms with E-state index >= 15 is 0 Å². The number of pyridine rings is 1. The predicted molar refractivity (Wildman–Crippen MR) is 69.5 cm³/mol. The minimum atomic E-state index is -0.327. The lowest BCUT2D eigenvalue weighted by Gasteiger charge is -2.38. The molecule has 1 spiro atoms. The molecule has 0 saturated carbocycles. The number of aryl methyl sites for hydroxylation is 1. The van der Waals surface area contributed by atoms with Gasteiger partial charge in [0.15, 0.2) is 5.79 Å². The van der Waals surface area contributed by atoms with Crippen LogP contribution in [0.25, 0.3) is 0 Å². The number of ether oxygens (including phenoxy) is 2. The quantitative estimate of drug-likeness (QED) is 0.813. The van der Waals surface area contributed by atoms with Gasteiger partial charge in [-0.15, -0.1) is 0 Å². The third-order valence-electron chi connectivity index (χ3n) is 3.79. The van der Waals surface area contributed by atoms with Gasteiger partial charge in [0.25, 0.3) is 0 Å². The molecule has 98 valence electrons. The molecular weight excluding hydrogens is 230 g/mol. The highest BCUT2D eigenvalue weighted by Crippen LogP contribution is 2.33. The van der Waals surface area contributed by atoms with Crippen molar-refractivity contribution in [1.82, 2.24) is 4.98 Å². The van der Waals surface area contributed by atoms with Crippen LogP contribution in [0, 0.1) is 6.92 Å². The third-order valence-corrected chi connectivity index (χ3v) is 3.79. The maximum atomic E-state index is 5.93. The molecule has 18 heavy (non-hydrogen) atoms. The van der Waals surface area contributed by atoms with E-state index in [-0.39, 0.29) is 5.79 Å². The van der Waals surface area contributed by atoms with Crippen LogP contribution in [0.2, 0.25) is 0 Å². The second kappa shape index (κ2) is 4.40. The number of nitrogens with zero attached hydrogens (tertiary/aromatic N) is 2. The Bertz CT molecular complexity index is 434. The number of anilines is 2. The molecule has 0 unspecified atom stereocenters. The van der Waals surface area contributed by atoms with Gasteiger partial charge in [0, 0.05) is 43.9 Å². The van der Waals surface area contributed by atoms with E-state index in [1.807, 2.05) is 19.2 Å². The largest absolute Gasteiger partial charge is 0.398 e. The van der Waals surface area contributed by atoms with Gasteiger partial charge in [-0.25, -0.2) is 4.98 Å². The first kappa shape index (κ1) is 11.7. The number of piperidine rings is 1. The zero-order chi connectivity index (χ0) is 12.6. The van der Waals surface area contributed by atoms with E-state index in [4.69, 9.17) is 15.2 Å². The van der Waals surface area contributed by atoms with E-state index in [0.29, 0.717) is 0 Å². The van der Waals surface area contributed by atoms with Crippen molar-refractivity contribution in [3.8, 4) is 0 Å². The van der Waals surface area contributed by atoms with Crippen molar-refractivity contribution in [1.29, 1.82) is 0 Å². The molecular formula is C13H19N3O2. The fraction of sp³-hybridized carbons (Fsp3) is 0.615. The molecule has 5 nitrogen and oxygen atoms in total. The molecule has 0 atom stereocenters. The van der Waals surface area contributed by atoms with Gasteiger partial charge in [-0.3, -0.25) is 0 Å². The summed E-state index contributed by atoms with van der Waals surface area (Å²) in [5.74, 6) is 0.623. The molecule has 2 aliphatic rings. The highest BCUT2D eigenvalue weighted by atomic mass is 16.7. The van der Waals surface area contributed by atoms with Gasteiger partial charge in [-0.2, -0.15) is 0 Å². The van der Waals surface area contributed by atoms with Gasteiger partial charge in [0.05, 0.1) is 13.2 Å². The molecule has 0 aliphatic carbocycles. The predicted octanol–water partition coefficient (Wildman–Crippen LogP) is 1.32. The minimum absolute atomic E-state index is 0.327. The summed E-state index contributed by atoms with van der Waals surface area (Å²) in [7, 11) is 0. The van der Waals surface area contributed by atoms with Crippen LogP contribution in [0.15, 0.2) is 12.3 Å². The Morgan fingerprint density at radius 1 is 1.28 bits per heavy atom. The Hall–Kier alpha value is -1.33. The molecule has 0 amide bonds. The molecule has 0 aromatic carbocycles. The van der Waals surface area contributed by atoms with Gasteiger partial charge in [0.1, 0.15) is 5.82 Å². The van der Waals surface area contributed by atoms with Crippen LogP contribution in [-0.4, -0.2) is 37.1 Å². The van der Waals surface area contributed by atoms with Gasteiger partial charge >= 0.3 is 0 Å². The maximum absolute atomic E-state index is 5.93. The number of hydrogen-bond acceptors (Lipinski definition) is 5. The normalized spacial score (nSPS) is 22.6. The molecule has 1 aromatic rings. The maximum Gasteiger partial charge on any atom is 0.171 e. The van der Waals surface area contributed by atoms with Crippen molar-refractivity contribution >= 4 is 11.5 Å². The van der Waals surface area contributed by atoms with E-state index < -0.39 is 0 Å². The van der Waals surface area contributed by atoms with Gasteiger partial charge in [0.2, 0.25) is 0 Å². The smallest absolute Gasteiger partial charge is 0.171 e. The van der Waals surface area contributed by atoms with Crippen LogP contribution in [0.4, 0.5) is 11.5 Å². The summed E-state index contributed by atoms with van der Waals surface area (Å²) in [5.41, 5.74) is 7.75. The summed E-state index contributed by atoms with van der Waals surface area (Å²) in [6.45, 7) is 5.20. The first-order valence-corrected chi connectivity index (χ1v) is 6.44. The van der Waals surface area contributed by atoms with Crippen LogP contribution in [-0.2, 0) is 9.47 Å². The summed E-state index contributed by atoms with van der Waals surface area (Å²) in [4.78, 5) is 6.68. The summed E-state index contributed by atoms with van der Waals surface area (Å²) in [5, 5.41) is 0. The number of aromatic nitrogens is 1. The number of rotatable bonds is 1.